The number of hydrogen-bond donors (Lipinski definition) is 1. The molecule has 116 valence electrons. The maximum absolute atomic E-state index is 9.03. The molecule has 0 aliphatic rings. The molecule has 0 aliphatic heterocycles. The van der Waals surface area contributed by atoms with Gasteiger partial charge in [0.1, 0.15) is 11.5 Å². The third-order valence-electron chi connectivity index (χ3n) is 3.56. The van der Waals surface area contributed by atoms with E-state index >= 15 is 0 Å². The minimum absolute atomic E-state index is 0.106. The molecule has 2 N–H and O–H groups in total. The molecule has 0 saturated heterocycles. The van der Waals surface area contributed by atoms with Crippen molar-refractivity contribution in [1.82, 2.24) is 0 Å². The number of nitrogens with zero attached hydrogens (tertiary/aromatic N) is 1. The fourth-order valence-electron chi connectivity index (χ4n) is 1.88. The van der Waals surface area contributed by atoms with Crippen LogP contribution >= 0.6 is 0 Å². The van der Waals surface area contributed by atoms with Crippen LogP contribution in [0.25, 0.3) is 0 Å². The van der Waals surface area contributed by atoms with E-state index in [2.05, 4.69) is 13.0 Å². The second-order valence-corrected chi connectivity index (χ2v) is 5.94. The van der Waals surface area contributed by atoms with E-state index in [1.54, 1.807) is 7.11 Å². The number of ether oxygens (including phenoxy) is 2. The van der Waals surface area contributed by atoms with Gasteiger partial charge in [0, 0.05) is 6.04 Å². The Kier molecular flexibility index (Phi) is 6.51. The third kappa shape index (κ3) is 5.65. The van der Waals surface area contributed by atoms with Gasteiger partial charge in [0.25, 0.3) is 0 Å². The smallest absolute Gasteiger partial charge is 0.122 e. The van der Waals surface area contributed by atoms with Crippen molar-refractivity contribution in [2.24, 2.45) is 11.1 Å². The Balaban J connectivity index is 2.78. The number of nitrogens with two attached hydrogens (primary N) is 1. The van der Waals surface area contributed by atoms with E-state index in [0.717, 1.165) is 29.9 Å². The molecular weight excluding hydrogens is 264 g/mol. The van der Waals surface area contributed by atoms with Gasteiger partial charge in [-0.3, -0.25) is 0 Å². The highest BCUT2D eigenvalue weighted by molar-refractivity contribution is 5.40. The topological polar surface area (TPSA) is 68.3 Å². The van der Waals surface area contributed by atoms with Gasteiger partial charge in [-0.1, -0.05) is 6.92 Å². The normalized spacial score (nSPS) is 12.6. The molecule has 0 heterocycles. The molecule has 1 aromatic carbocycles. The minimum atomic E-state index is -0.369. The van der Waals surface area contributed by atoms with Crippen LogP contribution in [0.3, 0.4) is 0 Å². The van der Waals surface area contributed by atoms with E-state index in [-0.39, 0.29) is 11.5 Å². The standard InChI is InChI=1S/C17H26N2O2/c1-5-14(19)10-13-11-15(20-4)6-7-16(13)21-9-8-17(2,3)12-18/h6-7,11,14H,5,8-10,19H2,1-4H3. The summed E-state index contributed by atoms with van der Waals surface area (Å²) in [6, 6.07) is 8.15. The van der Waals surface area contributed by atoms with Crippen LogP contribution in [0, 0.1) is 16.7 Å². The summed E-state index contributed by atoms with van der Waals surface area (Å²) in [6.45, 7) is 6.42. The molecule has 0 radical (unpaired) electrons. The van der Waals surface area contributed by atoms with Gasteiger partial charge in [-0.25, -0.2) is 0 Å². The lowest BCUT2D eigenvalue weighted by molar-refractivity contribution is 0.261. The largest absolute Gasteiger partial charge is 0.497 e. The molecular formula is C17H26N2O2. The fraction of sp³-hybridized carbons (Fsp3) is 0.588. The molecule has 0 aliphatic carbocycles. The summed E-state index contributed by atoms with van der Waals surface area (Å²) in [7, 11) is 1.65. The van der Waals surface area contributed by atoms with Crippen LogP contribution in [-0.4, -0.2) is 19.8 Å². The average Bonchev–Trinajstić information content (AvgIpc) is 2.48. The van der Waals surface area contributed by atoms with E-state index in [9.17, 15) is 0 Å². The van der Waals surface area contributed by atoms with Gasteiger partial charge in [0.05, 0.1) is 25.2 Å². The Morgan fingerprint density at radius 2 is 2.10 bits per heavy atom. The molecule has 1 atom stereocenters. The van der Waals surface area contributed by atoms with Gasteiger partial charge in [0.2, 0.25) is 0 Å². The molecule has 0 spiro atoms. The Bertz CT molecular complexity index is 492. The summed E-state index contributed by atoms with van der Waals surface area (Å²) in [6.07, 6.45) is 2.36. The molecule has 1 aromatic rings. The first-order valence-corrected chi connectivity index (χ1v) is 7.38. The monoisotopic (exact) mass is 290 g/mol. The molecule has 0 saturated carbocycles. The van der Waals surface area contributed by atoms with Gasteiger partial charge < -0.3 is 15.2 Å². The number of rotatable bonds is 8. The molecule has 0 bridgehead atoms. The van der Waals surface area contributed by atoms with Crippen LogP contribution in [0.2, 0.25) is 0 Å². The van der Waals surface area contributed by atoms with Gasteiger partial charge in [-0.15, -0.1) is 0 Å². The van der Waals surface area contributed by atoms with Gasteiger partial charge >= 0.3 is 0 Å². The summed E-state index contributed by atoms with van der Waals surface area (Å²) in [5, 5.41) is 9.03. The minimum Gasteiger partial charge on any atom is -0.497 e. The van der Waals surface area contributed by atoms with Gasteiger partial charge in [-0.05, 0) is 56.9 Å². The zero-order valence-corrected chi connectivity index (χ0v) is 13.5. The van der Waals surface area contributed by atoms with Crippen molar-refractivity contribution in [1.29, 1.82) is 5.26 Å². The quantitative estimate of drug-likeness (QED) is 0.797. The Morgan fingerprint density at radius 3 is 2.67 bits per heavy atom. The molecule has 0 fully saturated rings. The Morgan fingerprint density at radius 1 is 1.38 bits per heavy atom. The van der Waals surface area contributed by atoms with Crippen LogP contribution in [0.1, 0.15) is 39.2 Å². The van der Waals surface area contributed by atoms with Crippen molar-refractivity contribution >= 4 is 0 Å². The molecule has 0 amide bonds. The van der Waals surface area contributed by atoms with E-state index in [1.807, 2.05) is 32.0 Å². The number of nitriles is 1. The molecule has 1 unspecified atom stereocenters. The highest BCUT2D eigenvalue weighted by Gasteiger charge is 2.17. The average molecular weight is 290 g/mol. The third-order valence-corrected chi connectivity index (χ3v) is 3.56. The van der Waals surface area contributed by atoms with Crippen LogP contribution in [0.5, 0.6) is 11.5 Å². The molecule has 21 heavy (non-hydrogen) atoms. The first kappa shape index (κ1) is 17.3. The number of benzene rings is 1. The predicted octanol–water partition coefficient (Wildman–Crippen LogP) is 3.29. The van der Waals surface area contributed by atoms with Gasteiger partial charge in [0.15, 0.2) is 0 Å². The van der Waals surface area contributed by atoms with Crippen molar-refractivity contribution in [2.75, 3.05) is 13.7 Å². The van der Waals surface area contributed by atoms with Crippen LogP contribution in [-0.2, 0) is 6.42 Å². The zero-order chi connectivity index (χ0) is 15.9. The second-order valence-electron chi connectivity index (χ2n) is 5.94. The predicted molar refractivity (Wildman–Crippen MR) is 84.5 cm³/mol. The summed E-state index contributed by atoms with van der Waals surface area (Å²) in [5.41, 5.74) is 6.73. The summed E-state index contributed by atoms with van der Waals surface area (Å²) in [5.74, 6) is 1.63. The highest BCUT2D eigenvalue weighted by Crippen LogP contribution is 2.27. The summed E-state index contributed by atoms with van der Waals surface area (Å²) < 4.78 is 11.1. The zero-order valence-electron chi connectivity index (χ0n) is 13.5. The van der Waals surface area contributed by atoms with Crippen molar-refractivity contribution in [3.8, 4) is 17.6 Å². The fourth-order valence-corrected chi connectivity index (χ4v) is 1.88. The molecule has 0 aromatic heterocycles. The van der Waals surface area contributed by atoms with Crippen LogP contribution < -0.4 is 15.2 Å². The Labute approximate surface area is 127 Å². The van der Waals surface area contributed by atoms with E-state index in [1.165, 1.54) is 0 Å². The lowest BCUT2D eigenvalue weighted by Gasteiger charge is -2.18. The van der Waals surface area contributed by atoms with Crippen molar-refractivity contribution in [2.45, 2.75) is 46.1 Å². The first-order valence-electron chi connectivity index (χ1n) is 7.38. The number of methoxy groups -OCH3 is 1. The van der Waals surface area contributed by atoms with E-state index < -0.39 is 0 Å². The van der Waals surface area contributed by atoms with Crippen molar-refractivity contribution in [3.63, 3.8) is 0 Å². The lowest BCUT2D eigenvalue weighted by atomic mass is 9.92. The molecule has 1 rings (SSSR count). The van der Waals surface area contributed by atoms with E-state index in [4.69, 9.17) is 20.5 Å². The molecule has 4 nitrogen and oxygen atoms in total. The summed E-state index contributed by atoms with van der Waals surface area (Å²) >= 11 is 0. The number of hydrogen-bond acceptors (Lipinski definition) is 4. The van der Waals surface area contributed by atoms with E-state index in [0.29, 0.717) is 13.0 Å². The first-order chi connectivity index (χ1) is 9.91. The SMILES string of the molecule is CCC(N)Cc1cc(OC)ccc1OCCC(C)(C)C#N. The highest BCUT2D eigenvalue weighted by atomic mass is 16.5. The van der Waals surface area contributed by atoms with Crippen molar-refractivity contribution < 1.29 is 9.47 Å². The van der Waals surface area contributed by atoms with Crippen LogP contribution in [0.15, 0.2) is 18.2 Å². The maximum atomic E-state index is 9.03. The lowest BCUT2D eigenvalue weighted by Crippen LogP contribution is -2.22. The molecule has 4 heteroatoms. The maximum Gasteiger partial charge on any atom is 0.122 e. The van der Waals surface area contributed by atoms with Gasteiger partial charge in [-0.2, -0.15) is 5.26 Å². The second kappa shape index (κ2) is 7.90. The van der Waals surface area contributed by atoms with Crippen molar-refractivity contribution in [3.05, 3.63) is 23.8 Å². The Hall–Kier alpha value is -1.73. The van der Waals surface area contributed by atoms with Crippen LogP contribution in [0.4, 0.5) is 0 Å². The summed E-state index contributed by atoms with van der Waals surface area (Å²) in [4.78, 5) is 0.